The molecule has 0 aliphatic carbocycles. The van der Waals surface area contributed by atoms with Crippen LogP contribution in [0.3, 0.4) is 0 Å². The second-order valence-corrected chi connectivity index (χ2v) is 9.85. The van der Waals surface area contributed by atoms with Crippen LogP contribution < -0.4 is 5.32 Å². The summed E-state index contributed by atoms with van der Waals surface area (Å²) in [6, 6.07) is 8.10. The maximum Gasteiger partial charge on any atom is 0.354 e. The number of carboxylic acids is 1. The van der Waals surface area contributed by atoms with Crippen LogP contribution in [0, 0.1) is 11.6 Å². The van der Waals surface area contributed by atoms with Crippen LogP contribution in [-0.4, -0.2) is 43.6 Å². The van der Waals surface area contributed by atoms with Crippen LogP contribution in [0.25, 0.3) is 17.2 Å². The van der Waals surface area contributed by atoms with Crippen molar-refractivity contribution in [1.82, 2.24) is 9.88 Å². The molecular weight excluding hydrogens is 516 g/mol. The van der Waals surface area contributed by atoms with Gasteiger partial charge in [-0.25, -0.2) is 18.6 Å². The van der Waals surface area contributed by atoms with Gasteiger partial charge in [-0.1, -0.05) is 30.0 Å². The predicted molar refractivity (Wildman–Crippen MR) is 134 cm³/mol. The SMILES string of the molecule is O=C(CCN1C(=O)C(=Cc2cc(-c3ccc(F)c(F)c3)cs2)SC1=S)Nc1ccnc(C(=O)O)c1. The zero-order valence-corrected chi connectivity index (χ0v) is 20.1. The van der Waals surface area contributed by atoms with Gasteiger partial charge >= 0.3 is 5.97 Å². The van der Waals surface area contributed by atoms with Crippen molar-refractivity contribution in [2.45, 2.75) is 6.42 Å². The van der Waals surface area contributed by atoms with Crippen LogP contribution >= 0.6 is 35.3 Å². The summed E-state index contributed by atoms with van der Waals surface area (Å²) in [6.45, 7) is 0.0509. The van der Waals surface area contributed by atoms with Crippen molar-refractivity contribution in [3.05, 3.63) is 75.1 Å². The van der Waals surface area contributed by atoms with E-state index < -0.39 is 23.5 Å². The third-order valence-corrected chi connectivity index (χ3v) is 7.10. The van der Waals surface area contributed by atoms with Gasteiger partial charge in [0.05, 0.1) is 4.91 Å². The zero-order valence-electron chi connectivity index (χ0n) is 17.7. The number of thiocarbonyl (C=S) groups is 1. The largest absolute Gasteiger partial charge is 0.477 e. The number of halogens is 2. The highest BCUT2D eigenvalue weighted by molar-refractivity contribution is 8.26. The highest BCUT2D eigenvalue weighted by Gasteiger charge is 2.32. The molecule has 0 unspecified atom stereocenters. The van der Waals surface area contributed by atoms with E-state index in [1.165, 1.54) is 40.6 Å². The summed E-state index contributed by atoms with van der Waals surface area (Å²) in [5.74, 6) is -3.83. The third-order valence-electron chi connectivity index (χ3n) is 4.84. The quantitative estimate of drug-likeness (QED) is 0.326. The number of benzene rings is 1. The summed E-state index contributed by atoms with van der Waals surface area (Å²) < 4.78 is 27.0. The van der Waals surface area contributed by atoms with Crippen LogP contribution in [0.2, 0.25) is 0 Å². The minimum atomic E-state index is -1.21. The molecule has 1 fully saturated rings. The van der Waals surface area contributed by atoms with Gasteiger partial charge in [0.1, 0.15) is 10.0 Å². The number of hydrogen-bond donors (Lipinski definition) is 2. The second-order valence-electron chi connectivity index (χ2n) is 7.23. The van der Waals surface area contributed by atoms with Crippen LogP contribution in [-0.2, 0) is 9.59 Å². The number of aromatic carboxylic acids is 1. The number of thioether (sulfide) groups is 1. The molecule has 2 aromatic heterocycles. The summed E-state index contributed by atoms with van der Waals surface area (Å²) in [5.41, 5.74) is 1.28. The number of pyridine rings is 1. The van der Waals surface area contributed by atoms with Crippen LogP contribution in [0.5, 0.6) is 0 Å². The molecule has 0 saturated carbocycles. The van der Waals surface area contributed by atoms with Crippen molar-refractivity contribution in [1.29, 1.82) is 0 Å². The molecule has 1 aromatic carbocycles. The first kappa shape index (κ1) is 24.6. The Balaban J connectivity index is 1.39. The molecule has 7 nitrogen and oxygen atoms in total. The maximum absolute atomic E-state index is 13.5. The standard InChI is InChI=1S/C23H15F2N3O4S3/c24-16-2-1-12(8-17(16)25)13-7-15(34-11-13)10-19-21(30)28(23(33)35-19)6-4-20(29)27-14-3-5-26-18(9-14)22(31)32/h1-3,5,7-11H,4,6H2,(H,31,32)(H,26,27,29). The molecule has 3 heterocycles. The highest BCUT2D eigenvalue weighted by atomic mass is 32.2. The summed E-state index contributed by atoms with van der Waals surface area (Å²) in [7, 11) is 0. The molecule has 1 saturated heterocycles. The Labute approximate surface area is 211 Å². The number of amides is 2. The number of hydrogen-bond acceptors (Lipinski definition) is 7. The zero-order chi connectivity index (χ0) is 25.1. The van der Waals surface area contributed by atoms with Crippen LogP contribution in [0.4, 0.5) is 14.5 Å². The van der Waals surface area contributed by atoms with E-state index in [4.69, 9.17) is 17.3 Å². The number of nitrogens with one attached hydrogen (secondary N) is 1. The molecule has 35 heavy (non-hydrogen) atoms. The molecule has 2 N–H and O–H groups in total. The fourth-order valence-electron chi connectivity index (χ4n) is 3.14. The minimum Gasteiger partial charge on any atom is -0.477 e. The number of carbonyl (C=O) groups is 3. The van der Waals surface area contributed by atoms with Gasteiger partial charge in [-0.2, -0.15) is 0 Å². The Hall–Kier alpha value is -3.48. The first-order chi connectivity index (χ1) is 16.7. The van der Waals surface area contributed by atoms with E-state index in [9.17, 15) is 23.2 Å². The number of rotatable bonds is 7. The average molecular weight is 532 g/mol. The molecule has 1 aliphatic rings. The predicted octanol–water partition coefficient (Wildman–Crippen LogP) is 5.02. The molecule has 0 bridgehead atoms. The molecule has 12 heteroatoms. The van der Waals surface area contributed by atoms with Gasteiger partial charge < -0.3 is 10.4 Å². The lowest BCUT2D eigenvalue weighted by Gasteiger charge is -2.14. The molecule has 178 valence electrons. The van der Waals surface area contributed by atoms with Crippen molar-refractivity contribution in [2.75, 3.05) is 11.9 Å². The molecule has 4 rings (SSSR count). The Bertz CT molecular complexity index is 1390. The van der Waals surface area contributed by atoms with E-state index in [1.807, 2.05) is 0 Å². The number of aromatic nitrogens is 1. The van der Waals surface area contributed by atoms with Gasteiger partial charge in [0.15, 0.2) is 11.6 Å². The van der Waals surface area contributed by atoms with Gasteiger partial charge in [0.2, 0.25) is 5.91 Å². The van der Waals surface area contributed by atoms with Gasteiger partial charge in [0.25, 0.3) is 5.91 Å². The van der Waals surface area contributed by atoms with Crippen molar-refractivity contribution < 1.29 is 28.3 Å². The van der Waals surface area contributed by atoms with E-state index in [0.29, 0.717) is 20.4 Å². The topological polar surface area (TPSA) is 99.6 Å². The van der Waals surface area contributed by atoms with Crippen molar-refractivity contribution in [3.63, 3.8) is 0 Å². The van der Waals surface area contributed by atoms with Gasteiger partial charge in [0, 0.05) is 29.7 Å². The number of carbonyl (C=O) groups excluding carboxylic acids is 2. The van der Waals surface area contributed by atoms with Crippen molar-refractivity contribution in [3.8, 4) is 11.1 Å². The van der Waals surface area contributed by atoms with Gasteiger partial charge in [-0.15, -0.1) is 11.3 Å². The Morgan fingerprint density at radius 1 is 1.14 bits per heavy atom. The molecule has 0 atom stereocenters. The van der Waals surface area contributed by atoms with Crippen LogP contribution in [0.15, 0.2) is 52.9 Å². The molecule has 3 aromatic rings. The fourth-order valence-corrected chi connectivity index (χ4v) is 5.36. The normalized spacial score (nSPS) is 14.6. The average Bonchev–Trinajstić information content (AvgIpc) is 3.39. The number of carboxylic acid groups (broad SMARTS) is 1. The molecular formula is C23H15F2N3O4S3. The summed E-state index contributed by atoms with van der Waals surface area (Å²) in [4.78, 5) is 42.2. The Morgan fingerprint density at radius 2 is 1.94 bits per heavy atom. The van der Waals surface area contributed by atoms with Gasteiger partial charge in [-0.3, -0.25) is 14.5 Å². The van der Waals surface area contributed by atoms with Crippen LogP contribution in [0.1, 0.15) is 21.8 Å². The summed E-state index contributed by atoms with van der Waals surface area (Å²) in [5, 5.41) is 13.3. The summed E-state index contributed by atoms with van der Waals surface area (Å²) >= 11 is 7.74. The lowest BCUT2D eigenvalue weighted by molar-refractivity contribution is -0.122. The highest BCUT2D eigenvalue weighted by Crippen LogP contribution is 2.35. The molecule has 2 amide bonds. The summed E-state index contributed by atoms with van der Waals surface area (Å²) in [6.07, 6.45) is 2.88. The molecule has 0 spiro atoms. The first-order valence-electron chi connectivity index (χ1n) is 10.00. The third kappa shape index (κ3) is 5.78. The van der Waals surface area contributed by atoms with Crippen molar-refractivity contribution >= 4 is 69.2 Å². The molecule has 1 aliphatic heterocycles. The number of anilines is 1. The van der Waals surface area contributed by atoms with E-state index >= 15 is 0 Å². The minimum absolute atomic E-state index is 0.0509. The van der Waals surface area contributed by atoms with Crippen molar-refractivity contribution in [2.24, 2.45) is 0 Å². The maximum atomic E-state index is 13.5. The van der Waals surface area contributed by atoms with E-state index in [0.717, 1.165) is 28.8 Å². The first-order valence-corrected chi connectivity index (χ1v) is 12.1. The Morgan fingerprint density at radius 3 is 2.69 bits per heavy atom. The van der Waals surface area contributed by atoms with E-state index in [1.54, 1.807) is 17.5 Å². The monoisotopic (exact) mass is 531 g/mol. The van der Waals surface area contributed by atoms with E-state index in [2.05, 4.69) is 10.3 Å². The molecule has 0 radical (unpaired) electrons. The van der Waals surface area contributed by atoms with E-state index in [-0.39, 0.29) is 30.3 Å². The fraction of sp³-hybridized carbons (Fsp3) is 0.0870. The smallest absolute Gasteiger partial charge is 0.354 e. The Kier molecular flexibility index (Phi) is 7.34. The van der Waals surface area contributed by atoms with Gasteiger partial charge in [-0.05, 0) is 52.9 Å². The number of nitrogens with zero attached hydrogens (tertiary/aromatic N) is 2. The second kappa shape index (κ2) is 10.4. The number of thiophene rings is 1. The lowest BCUT2D eigenvalue weighted by atomic mass is 10.1. The lowest BCUT2D eigenvalue weighted by Crippen LogP contribution is -2.31.